The first kappa shape index (κ1) is 26.2. The van der Waals surface area contributed by atoms with Crippen LogP contribution in [0.5, 0.6) is 23.0 Å². The molecule has 0 aliphatic carbocycles. The normalized spacial score (nSPS) is 11.7. The van der Waals surface area contributed by atoms with Crippen LogP contribution in [0.25, 0.3) is 0 Å². The molecule has 0 saturated heterocycles. The number of benzene rings is 2. The minimum Gasteiger partial charge on any atom is -0.495 e. The van der Waals surface area contributed by atoms with Crippen molar-refractivity contribution < 1.29 is 28.5 Å². The number of carbonyl (C=O) groups excluding carboxylic acids is 2. The Morgan fingerprint density at radius 2 is 1.58 bits per heavy atom. The lowest BCUT2D eigenvalue weighted by Crippen LogP contribution is -2.32. The second kappa shape index (κ2) is 12.3. The number of halogens is 2. The Hall–Kier alpha value is -3.04. The molecular formula is C22H25Cl2N3O6. The van der Waals surface area contributed by atoms with Gasteiger partial charge in [0.25, 0.3) is 5.91 Å². The minimum atomic E-state index is -1.46. The van der Waals surface area contributed by atoms with Crippen LogP contribution in [0.15, 0.2) is 34.5 Å². The van der Waals surface area contributed by atoms with E-state index in [1.54, 1.807) is 19.1 Å². The number of Topliss-reactive ketones (excluding diaryl/α,β-unsaturated/α-hetero) is 1. The summed E-state index contributed by atoms with van der Waals surface area (Å²) >= 11 is 12.5. The van der Waals surface area contributed by atoms with Gasteiger partial charge in [-0.3, -0.25) is 9.59 Å². The van der Waals surface area contributed by atoms with Crippen LogP contribution in [-0.2, 0) is 9.59 Å². The van der Waals surface area contributed by atoms with Crippen LogP contribution in [0, 0.1) is 0 Å². The molecule has 0 fully saturated rings. The fourth-order valence-corrected chi connectivity index (χ4v) is 3.24. The molecule has 0 aromatic heterocycles. The molecule has 0 bridgehead atoms. The maximum absolute atomic E-state index is 12.9. The van der Waals surface area contributed by atoms with Crippen LogP contribution >= 0.6 is 23.2 Å². The molecular weight excluding hydrogens is 473 g/mol. The molecule has 0 spiro atoms. The van der Waals surface area contributed by atoms with E-state index < -0.39 is 17.7 Å². The van der Waals surface area contributed by atoms with Crippen LogP contribution in [0.3, 0.4) is 0 Å². The van der Waals surface area contributed by atoms with Gasteiger partial charge in [-0.2, -0.15) is 5.11 Å². The van der Waals surface area contributed by atoms with Gasteiger partial charge >= 0.3 is 0 Å². The van der Waals surface area contributed by atoms with E-state index in [9.17, 15) is 9.59 Å². The zero-order chi connectivity index (χ0) is 24.5. The highest BCUT2D eigenvalue weighted by atomic mass is 35.5. The molecule has 1 N–H and O–H groups in total. The van der Waals surface area contributed by atoms with Gasteiger partial charge in [-0.05, 0) is 39.0 Å². The number of azo groups is 1. The van der Waals surface area contributed by atoms with Crippen molar-refractivity contribution in [3.05, 3.63) is 34.3 Å². The van der Waals surface area contributed by atoms with Crippen molar-refractivity contribution in [2.45, 2.75) is 26.8 Å². The molecule has 2 rings (SSSR count). The molecule has 1 unspecified atom stereocenters. The maximum Gasteiger partial charge on any atom is 0.258 e. The van der Waals surface area contributed by atoms with Crippen LogP contribution in [0.1, 0.15) is 20.8 Å². The number of nitrogens with one attached hydrogen (secondary N) is 1. The van der Waals surface area contributed by atoms with Crippen LogP contribution in [0.4, 0.5) is 11.4 Å². The second-order valence-corrected chi connectivity index (χ2v) is 7.28. The van der Waals surface area contributed by atoms with E-state index in [0.29, 0.717) is 30.5 Å². The van der Waals surface area contributed by atoms with E-state index in [1.165, 1.54) is 33.3 Å². The average molecular weight is 498 g/mol. The number of methoxy groups -OCH3 is 2. The van der Waals surface area contributed by atoms with E-state index in [-0.39, 0.29) is 27.2 Å². The van der Waals surface area contributed by atoms with Crippen molar-refractivity contribution in [1.29, 1.82) is 0 Å². The van der Waals surface area contributed by atoms with E-state index >= 15 is 0 Å². The van der Waals surface area contributed by atoms with Crippen molar-refractivity contribution in [3.63, 3.8) is 0 Å². The Morgan fingerprint density at radius 1 is 0.970 bits per heavy atom. The standard InChI is InChI=1S/C22H25Cl2N3O6/c1-6-32-15-8-9-16(33-7-2)21(19(15)24)27-26-20(12(3)28)22(29)25-14-10-13(23)17(30-4)11-18(14)31-5/h8-11,20H,6-7H2,1-5H3,(H,25,29). The third-order valence-electron chi connectivity index (χ3n) is 4.28. The summed E-state index contributed by atoms with van der Waals surface area (Å²) in [5, 5.41) is 11.0. The zero-order valence-corrected chi connectivity index (χ0v) is 20.4. The lowest BCUT2D eigenvalue weighted by Gasteiger charge is -2.15. The molecule has 33 heavy (non-hydrogen) atoms. The van der Waals surface area contributed by atoms with E-state index in [4.69, 9.17) is 42.1 Å². The van der Waals surface area contributed by atoms with E-state index in [1.807, 2.05) is 6.92 Å². The number of anilines is 1. The van der Waals surface area contributed by atoms with Crippen molar-refractivity contribution in [1.82, 2.24) is 0 Å². The van der Waals surface area contributed by atoms with Gasteiger partial charge in [-0.15, -0.1) is 5.11 Å². The monoisotopic (exact) mass is 497 g/mol. The van der Waals surface area contributed by atoms with Crippen LogP contribution in [0.2, 0.25) is 10.0 Å². The Balaban J connectivity index is 2.39. The maximum atomic E-state index is 12.9. The molecule has 0 heterocycles. The van der Waals surface area contributed by atoms with Crippen LogP contribution < -0.4 is 24.3 Å². The molecule has 11 heteroatoms. The molecule has 0 saturated carbocycles. The topological polar surface area (TPSA) is 108 Å². The van der Waals surface area contributed by atoms with Gasteiger partial charge in [0.15, 0.2) is 5.78 Å². The molecule has 2 aromatic carbocycles. The second-order valence-electron chi connectivity index (χ2n) is 6.50. The summed E-state index contributed by atoms with van der Waals surface area (Å²) in [4.78, 5) is 25.1. The molecule has 0 aliphatic rings. The van der Waals surface area contributed by atoms with Crippen LogP contribution in [-0.4, -0.2) is 45.2 Å². The molecule has 9 nitrogen and oxygen atoms in total. The van der Waals surface area contributed by atoms with Gasteiger partial charge < -0.3 is 24.3 Å². The summed E-state index contributed by atoms with van der Waals surface area (Å²) in [6.45, 7) is 5.56. The van der Waals surface area contributed by atoms with Gasteiger partial charge in [0.1, 0.15) is 33.7 Å². The first-order chi connectivity index (χ1) is 15.8. The SMILES string of the molecule is CCOc1ccc(OCC)c(N=NC(C(C)=O)C(=O)Nc2cc(Cl)c(OC)cc2OC)c1Cl. The summed E-state index contributed by atoms with van der Waals surface area (Å²) in [5.41, 5.74) is 0.384. The van der Waals surface area contributed by atoms with Crippen molar-refractivity contribution in [2.75, 3.05) is 32.8 Å². The predicted molar refractivity (Wildman–Crippen MR) is 126 cm³/mol. The fraction of sp³-hybridized carbons (Fsp3) is 0.364. The average Bonchev–Trinajstić information content (AvgIpc) is 2.77. The zero-order valence-electron chi connectivity index (χ0n) is 18.9. The number of hydrogen-bond donors (Lipinski definition) is 1. The molecule has 1 amide bonds. The first-order valence-corrected chi connectivity index (χ1v) is 10.7. The Morgan fingerprint density at radius 3 is 2.15 bits per heavy atom. The van der Waals surface area contributed by atoms with Crippen molar-refractivity contribution >= 4 is 46.3 Å². The van der Waals surface area contributed by atoms with E-state index in [0.717, 1.165) is 0 Å². The Kier molecular flexibility index (Phi) is 9.74. The number of carbonyl (C=O) groups is 2. The van der Waals surface area contributed by atoms with Gasteiger partial charge in [0.05, 0.1) is 38.1 Å². The van der Waals surface area contributed by atoms with Gasteiger partial charge in [-0.25, -0.2) is 0 Å². The summed E-state index contributed by atoms with van der Waals surface area (Å²) in [6, 6.07) is 4.76. The Bertz CT molecular complexity index is 1050. The highest BCUT2D eigenvalue weighted by Gasteiger charge is 2.25. The lowest BCUT2D eigenvalue weighted by molar-refractivity contribution is -0.126. The highest BCUT2D eigenvalue weighted by molar-refractivity contribution is 6.34. The quantitative estimate of drug-likeness (QED) is 0.324. The summed E-state index contributed by atoms with van der Waals surface area (Å²) in [7, 11) is 2.87. The summed E-state index contributed by atoms with van der Waals surface area (Å²) in [5.74, 6) is 0.0845. The third-order valence-corrected chi connectivity index (χ3v) is 4.94. The Labute approximate surface area is 202 Å². The predicted octanol–water partition coefficient (Wildman–Crippen LogP) is 5.49. The van der Waals surface area contributed by atoms with Crippen molar-refractivity contribution in [2.24, 2.45) is 10.2 Å². The molecule has 0 aliphatic heterocycles. The number of hydrogen-bond acceptors (Lipinski definition) is 8. The minimum absolute atomic E-state index is 0.147. The fourth-order valence-electron chi connectivity index (χ4n) is 2.75. The first-order valence-electron chi connectivity index (χ1n) is 9.99. The molecule has 2 aromatic rings. The van der Waals surface area contributed by atoms with Gasteiger partial charge in [-0.1, -0.05) is 23.2 Å². The van der Waals surface area contributed by atoms with E-state index in [2.05, 4.69) is 15.5 Å². The van der Waals surface area contributed by atoms with Gasteiger partial charge in [0.2, 0.25) is 6.04 Å². The number of ether oxygens (including phenoxy) is 4. The third kappa shape index (κ3) is 6.49. The van der Waals surface area contributed by atoms with Gasteiger partial charge in [0, 0.05) is 6.07 Å². The smallest absolute Gasteiger partial charge is 0.258 e. The number of nitrogens with zero attached hydrogens (tertiary/aromatic N) is 2. The van der Waals surface area contributed by atoms with Crippen molar-refractivity contribution in [3.8, 4) is 23.0 Å². The summed E-state index contributed by atoms with van der Waals surface area (Å²) < 4.78 is 21.4. The number of ketones is 1. The summed E-state index contributed by atoms with van der Waals surface area (Å²) in [6.07, 6.45) is 0. The highest BCUT2D eigenvalue weighted by Crippen LogP contribution is 2.42. The molecule has 1 atom stereocenters. The lowest BCUT2D eigenvalue weighted by atomic mass is 10.2. The number of rotatable bonds is 11. The number of amides is 1. The largest absolute Gasteiger partial charge is 0.495 e. The molecule has 178 valence electrons. The molecule has 0 radical (unpaired) electrons.